The second-order valence-electron chi connectivity index (χ2n) is 5.44. The number of nitrogens with one attached hydrogen (secondary N) is 2. The number of anilines is 1. The van der Waals surface area contributed by atoms with Crippen molar-refractivity contribution in [2.45, 2.75) is 6.42 Å². The van der Waals surface area contributed by atoms with E-state index in [0.29, 0.717) is 23.5 Å². The maximum Gasteiger partial charge on any atom is 0.265 e. The third kappa shape index (κ3) is 4.94. The van der Waals surface area contributed by atoms with Gasteiger partial charge in [-0.3, -0.25) is 4.79 Å². The zero-order valence-corrected chi connectivity index (χ0v) is 15.4. The van der Waals surface area contributed by atoms with E-state index in [1.165, 1.54) is 22.3 Å². The van der Waals surface area contributed by atoms with E-state index in [0.717, 1.165) is 16.8 Å². The lowest BCUT2D eigenvalue weighted by Gasteiger charge is -2.05. The molecule has 0 saturated carbocycles. The van der Waals surface area contributed by atoms with Crippen LogP contribution in [0.2, 0.25) is 0 Å². The number of hydrogen-bond acceptors (Lipinski definition) is 7. The van der Waals surface area contributed by atoms with Crippen LogP contribution in [-0.4, -0.2) is 47.3 Å². The predicted octanol–water partition coefficient (Wildman–Crippen LogP) is 1.07. The molecule has 0 bridgehead atoms. The van der Waals surface area contributed by atoms with Gasteiger partial charge in [-0.05, 0) is 53.2 Å². The van der Waals surface area contributed by atoms with Crippen molar-refractivity contribution in [3.05, 3.63) is 52.5 Å². The molecule has 26 heavy (non-hydrogen) atoms. The van der Waals surface area contributed by atoms with Gasteiger partial charge in [0.25, 0.3) is 5.91 Å². The lowest BCUT2D eigenvalue weighted by molar-refractivity contribution is 0.103. The molecule has 1 amide bonds. The van der Waals surface area contributed by atoms with Gasteiger partial charge in [-0.1, -0.05) is 0 Å². The van der Waals surface area contributed by atoms with Gasteiger partial charge < -0.3 is 5.32 Å². The van der Waals surface area contributed by atoms with Crippen LogP contribution in [0.15, 0.2) is 42.7 Å². The average Bonchev–Trinajstić information content (AvgIpc) is 3.26. The highest BCUT2D eigenvalue weighted by Gasteiger charge is 2.10. The fourth-order valence-electron chi connectivity index (χ4n) is 2.16. The molecule has 11 heteroatoms. The van der Waals surface area contributed by atoms with E-state index in [-0.39, 0.29) is 5.91 Å². The van der Waals surface area contributed by atoms with Crippen LogP contribution in [0.25, 0.3) is 5.69 Å². The van der Waals surface area contributed by atoms with Crippen LogP contribution in [0.3, 0.4) is 0 Å². The highest BCUT2D eigenvalue weighted by atomic mass is 32.2. The van der Waals surface area contributed by atoms with Crippen molar-refractivity contribution in [3.8, 4) is 5.69 Å². The van der Waals surface area contributed by atoms with Crippen molar-refractivity contribution in [2.75, 3.05) is 18.1 Å². The van der Waals surface area contributed by atoms with E-state index in [1.807, 2.05) is 6.07 Å². The number of carbonyl (C=O) groups is 1. The summed E-state index contributed by atoms with van der Waals surface area (Å²) in [5.74, 6) is -0.215. The normalized spacial score (nSPS) is 11.4. The Balaban J connectivity index is 1.58. The second kappa shape index (κ2) is 7.72. The minimum absolute atomic E-state index is 0.215. The van der Waals surface area contributed by atoms with Crippen molar-refractivity contribution in [1.29, 1.82) is 0 Å². The van der Waals surface area contributed by atoms with Crippen molar-refractivity contribution in [3.63, 3.8) is 0 Å². The van der Waals surface area contributed by atoms with Crippen LogP contribution in [0.4, 0.5) is 5.69 Å². The summed E-state index contributed by atoms with van der Waals surface area (Å²) in [6, 6.07) is 10.7. The van der Waals surface area contributed by atoms with E-state index in [1.54, 1.807) is 30.3 Å². The first kappa shape index (κ1) is 18.2. The molecule has 0 saturated heterocycles. The third-order valence-corrected chi connectivity index (χ3v) is 5.23. The molecule has 0 aliphatic carbocycles. The number of aromatic nitrogens is 4. The number of thiophene rings is 1. The molecule has 3 aromatic rings. The van der Waals surface area contributed by atoms with Gasteiger partial charge in [0.05, 0.1) is 16.8 Å². The number of amides is 1. The number of nitrogens with zero attached hydrogens (tertiary/aromatic N) is 4. The molecular formula is C15H16N6O3S2. The molecule has 1 aromatic carbocycles. The smallest absolute Gasteiger partial charge is 0.265 e. The molecule has 0 atom stereocenters. The summed E-state index contributed by atoms with van der Waals surface area (Å²) in [7, 11) is -3.20. The lowest BCUT2D eigenvalue weighted by atomic mass is 10.2. The lowest BCUT2D eigenvalue weighted by Crippen LogP contribution is -2.24. The molecule has 0 aliphatic rings. The van der Waals surface area contributed by atoms with E-state index >= 15 is 0 Å². The van der Waals surface area contributed by atoms with Gasteiger partial charge in [0.2, 0.25) is 10.0 Å². The number of benzene rings is 1. The standard InChI is InChI=1S/C15H16N6O3S2/c1-26(23,24)17-9-8-13-6-7-14(25-13)15(22)18-11-2-4-12(5-3-11)21-10-16-19-20-21/h2-7,10,17H,8-9H2,1H3,(H,18,22). The zero-order chi connectivity index (χ0) is 18.6. The van der Waals surface area contributed by atoms with E-state index in [2.05, 4.69) is 25.6 Å². The summed E-state index contributed by atoms with van der Waals surface area (Å²) in [4.78, 5) is 13.8. The fraction of sp³-hybridized carbons (Fsp3) is 0.200. The van der Waals surface area contributed by atoms with Crippen molar-refractivity contribution < 1.29 is 13.2 Å². The topological polar surface area (TPSA) is 119 Å². The molecule has 3 rings (SSSR count). The maximum atomic E-state index is 12.3. The van der Waals surface area contributed by atoms with E-state index in [9.17, 15) is 13.2 Å². The Bertz CT molecular complexity index is 981. The largest absolute Gasteiger partial charge is 0.321 e. The van der Waals surface area contributed by atoms with E-state index in [4.69, 9.17) is 0 Å². The first-order valence-electron chi connectivity index (χ1n) is 7.59. The Morgan fingerprint density at radius 3 is 2.62 bits per heavy atom. The van der Waals surface area contributed by atoms with Gasteiger partial charge in [-0.15, -0.1) is 16.4 Å². The minimum Gasteiger partial charge on any atom is -0.321 e. The highest BCUT2D eigenvalue weighted by molar-refractivity contribution is 7.88. The highest BCUT2D eigenvalue weighted by Crippen LogP contribution is 2.19. The third-order valence-electron chi connectivity index (χ3n) is 3.36. The Morgan fingerprint density at radius 1 is 1.19 bits per heavy atom. The molecule has 0 radical (unpaired) electrons. The zero-order valence-electron chi connectivity index (χ0n) is 13.8. The Hall–Kier alpha value is -2.63. The molecule has 0 fully saturated rings. The number of carbonyl (C=O) groups excluding carboxylic acids is 1. The second-order valence-corrected chi connectivity index (χ2v) is 8.44. The van der Waals surface area contributed by atoms with Gasteiger partial charge in [0.15, 0.2) is 0 Å². The van der Waals surface area contributed by atoms with Crippen molar-refractivity contribution in [2.24, 2.45) is 0 Å². The number of sulfonamides is 1. The molecule has 2 heterocycles. The first-order valence-corrected chi connectivity index (χ1v) is 10.3. The molecule has 136 valence electrons. The van der Waals surface area contributed by atoms with Crippen LogP contribution in [-0.2, 0) is 16.4 Å². The number of hydrogen-bond donors (Lipinski definition) is 2. The number of rotatable bonds is 7. The Morgan fingerprint density at radius 2 is 1.96 bits per heavy atom. The summed E-state index contributed by atoms with van der Waals surface area (Å²) in [5, 5.41) is 13.8. The predicted molar refractivity (Wildman–Crippen MR) is 98.0 cm³/mol. The SMILES string of the molecule is CS(=O)(=O)NCCc1ccc(C(=O)Nc2ccc(-n3cnnn3)cc2)s1. The van der Waals surface area contributed by atoms with Crippen LogP contribution in [0, 0.1) is 0 Å². The molecule has 2 aromatic heterocycles. The quantitative estimate of drug-likeness (QED) is 0.621. The fourth-order valence-corrected chi connectivity index (χ4v) is 3.54. The molecule has 9 nitrogen and oxygen atoms in total. The first-order chi connectivity index (χ1) is 12.4. The number of tetrazole rings is 1. The summed E-state index contributed by atoms with van der Waals surface area (Å²) in [5.41, 5.74) is 1.44. The van der Waals surface area contributed by atoms with Gasteiger partial charge in [-0.2, -0.15) is 0 Å². The van der Waals surface area contributed by atoms with Crippen molar-refractivity contribution >= 4 is 33.0 Å². The van der Waals surface area contributed by atoms with Crippen molar-refractivity contribution in [1.82, 2.24) is 24.9 Å². The Labute approximate surface area is 154 Å². The monoisotopic (exact) mass is 392 g/mol. The van der Waals surface area contributed by atoms with Crippen LogP contribution in [0.1, 0.15) is 14.5 Å². The molecular weight excluding hydrogens is 376 g/mol. The molecule has 0 spiro atoms. The van der Waals surface area contributed by atoms with Crippen LogP contribution < -0.4 is 10.0 Å². The summed E-state index contributed by atoms with van der Waals surface area (Å²) in [6.07, 6.45) is 3.13. The summed E-state index contributed by atoms with van der Waals surface area (Å²) in [6.45, 7) is 0.305. The van der Waals surface area contributed by atoms with Gasteiger partial charge in [-0.25, -0.2) is 17.8 Å². The van der Waals surface area contributed by atoms with Crippen LogP contribution in [0.5, 0.6) is 0 Å². The molecule has 0 aliphatic heterocycles. The van der Waals surface area contributed by atoms with E-state index < -0.39 is 10.0 Å². The molecule has 0 unspecified atom stereocenters. The van der Waals surface area contributed by atoms with Gasteiger partial charge >= 0.3 is 0 Å². The summed E-state index contributed by atoms with van der Waals surface area (Å²) >= 11 is 1.33. The Kier molecular flexibility index (Phi) is 5.40. The summed E-state index contributed by atoms with van der Waals surface area (Å²) < 4.78 is 26.0. The van der Waals surface area contributed by atoms with Crippen LogP contribution >= 0.6 is 11.3 Å². The maximum absolute atomic E-state index is 12.3. The van der Waals surface area contributed by atoms with Gasteiger partial charge in [0.1, 0.15) is 6.33 Å². The average molecular weight is 392 g/mol. The minimum atomic E-state index is -3.20. The van der Waals surface area contributed by atoms with Gasteiger partial charge in [0, 0.05) is 17.1 Å². The molecule has 2 N–H and O–H groups in total.